The molecule has 29 heavy (non-hydrogen) atoms. The van der Waals surface area contributed by atoms with Crippen LogP contribution in [-0.2, 0) is 0 Å². The third-order valence-electron chi connectivity index (χ3n) is 5.60. The number of anilines is 3. The summed E-state index contributed by atoms with van der Waals surface area (Å²) in [7, 11) is 0. The molecule has 0 radical (unpaired) electrons. The third-order valence-corrected chi connectivity index (χ3v) is 5.60. The highest BCUT2D eigenvalue weighted by atomic mass is 15.3. The van der Waals surface area contributed by atoms with Gasteiger partial charge in [0, 0.05) is 31.4 Å². The van der Waals surface area contributed by atoms with E-state index in [1.165, 1.54) is 11.1 Å². The summed E-state index contributed by atoms with van der Waals surface area (Å²) >= 11 is 0. The average molecular weight is 387 g/mol. The van der Waals surface area contributed by atoms with E-state index in [4.69, 9.17) is 9.97 Å². The molecule has 3 aromatic heterocycles. The smallest absolute Gasteiger partial charge is 0.166 e. The molecule has 0 unspecified atom stereocenters. The summed E-state index contributed by atoms with van der Waals surface area (Å²) in [5.74, 6) is 1.77. The second-order valence-electron chi connectivity index (χ2n) is 7.81. The van der Waals surface area contributed by atoms with Gasteiger partial charge in [0.2, 0.25) is 0 Å². The molecule has 7 heteroatoms. The molecule has 0 spiro atoms. The van der Waals surface area contributed by atoms with E-state index in [0.29, 0.717) is 6.04 Å². The SMILES string of the molecule is Cc1cccc(C)c1Nc1nc2ccc(N3CCN[C@H](C)C3)nc2n2cncc12. The average Bonchev–Trinajstić information content (AvgIpc) is 3.21. The van der Waals surface area contributed by atoms with E-state index >= 15 is 0 Å². The summed E-state index contributed by atoms with van der Waals surface area (Å²) in [5.41, 5.74) is 6.04. The number of hydrogen-bond acceptors (Lipinski definition) is 6. The molecule has 1 atom stereocenters. The minimum atomic E-state index is 0.455. The van der Waals surface area contributed by atoms with Gasteiger partial charge in [-0.05, 0) is 44.0 Å². The number of hydrogen-bond donors (Lipinski definition) is 2. The molecule has 0 bridgehead atoms. The van der Waals surface area contributed by atoms with Gasteiger partial charge in [-0.15, -0.1) is 0 Å². The normalized spacial score (nSPS) is 17.2. The fourth-order valence-electron chi connectivity index (χ4n) is 4.05. The maximum atomic E-state index is 4.95. The zero-order valence-electron chi connectivity index (χ0n) is 17.0. The van der Waals surface area contributed by atoms with Crippen LogP contribution in [0.4, 0.5) is 17.3 Å². The van der Waals surface area contributed by atoms with E-state index in [-0.39, 0.29) is 0 Å². The summed E-state index contributed by atoms with van der Waals surface area (Å²) < 4.78 is 2.02. The minimum Gasteiger partial charge on any atom is -0.354 e. The molecule has 0 aliphatic carbocycles. The molecule has 0 amide bonds. The number of benzene rings is 1. The number of piperazine rings is 1. The van der Waals surface area contributed by atoms with E-state index < -0.39 is 0 Å². The van der Waals surface area contributed by atoms with Crippen LogP contribution in [0.1, 0.15) is 18.1 Å². The zero-order chi connectivity index (χ0) is 20.0. The Kier molecular flexibility index (Phi) is 4.32. The molecule has 7 nitrogen and oxygen atoms in total. The van der Waals surface area contributed by atoms with Crippen LogP contribution >= 0.6 is 0 Å². The highest BCUT2D eigenvalue weighted by Crippen LogP contribution is 2.28. The van der Waals surface area contributed by atoms with Crippen LogP contribution in [0, 0.1) is 13.8 Å². The Morgan fingerprint density at radius 1 is 1.10 bits per heavy atom. The van der Waals surface area contributed by atoms with Gasteiger partial charge < -0.3 is 15.5 Å². The Bertz CT molecular complexity index is 1180. The fourth-order valence-corrected chi connectivity index (χ4v) is 4.05. The first-order valence-electron chi connectivity index (χ1n) is 10.0. The van der Waals surface area contributed by atoms with Crippen LogP contribution in [0.2, 0.25) is 0 Å². The van der Waals surface area contributed by atoms with Crippen molar-refractivity contribution in [3.8, 4) is 0 Å². The summed E-state index contributed by atoms with van der Waals surface area (Å²) in [6.45, 7) is 9.28. The van der Waals surface area contributed by atoms with E-state index in [2.05, 4.69) is 71.6 Å². The second kappa shape index (κ2) is 7.00. The lowest BCUT2D eigenvalue weighted by Crippen LogP contribution is -2.49. The van der Waals surface area contributed by atoms with Crippen molar-refractivity contribution in [1.29, 1.82) is 0 Å². The molecule has 1 fully saturated rings. The molecule has 148 valence electrons. The predicted octanol–water partition coefficient (Wildman–Crippen LogP) is 3.44. The molecule has 0 saturated carbocycles. The van der Waals surface area contributed by atoms with Gasteiger partial charge >= 0.3 is 0 Å². The van der Waals surface area contributed by atoms with Crippen LogP contribution in [0.5, 0.6) is 0 Å². The summed E-state index contributed by atoms with van der Waals surface area (Å²) in [4.78, 5) is 16.5. The first-order valence-corrected chi connectivity index (χ1v) is 10.0. The van der Waals surface area contributed by atoms with Crippen LogP contribution in [0.3, 0.4) is 0 Å². The number of aromatic nitrogens is 4. The quantitative estimate of drug-likeness (QED) is 0.561. The Balaban J connectivity index is 1.60. The maximum Gasteiger partial charge on any atom is 0.166 e. The Hall–Kier alpha value is -3.19. The highest BCUT2D eigenvalue weighted by Gasteiger charge is 2.18. The van der Waals surface area contributed by atoms with Gasteiger partial charge in [0.1, 0.15) is 23.2 Å². The van der Waals surface area contributed by atoms with Crippen molar-refractivity contribution < 1.29 is 0 Å². The number of imidazole rings is 1. The standard InChI is InChI=1S/C22H25N7/c1-14-5-4-6-15(2)20(14)27-21-18-11-23-13-29(18)22-17(25-21)7-8-19(26-22)28-10-9-24-16(3)12-28/h4-8,11,13,16,24H,9-10,12H2,1-3H3,(H,25,27)/t16-/m1/s1. The number of aryl methyl sites for hydroxylation is 2. The molecule has 1 aliphatic rings. The first-order chi connectivity index (χ1) is 14.1. The number of pyridine rings is 1. The van der Waals surface area contributed by atoms with Crippen molar-refractivity contribution in [3.63, 3.8) is 0 Å². The molecule has 5 rings (SSSR count). The molecule has 4 aromatic rings. The van der Waals surface area contributed by atoms with Crippen molar-refractivity contribution >= 4 is 34.0 Å². The number of fused-ring (bicyclic) bond motifs is 3. The Labute approximate surface area is 169 Å². The number of rotatable bonds is 3. The number of para-hydroxylation sites is 1. The van der Waals surface area contributed by atoms with Crippen LogP contribution in [0.15, 0.2) is 42.9 Å². The largest absolute Gasteiger partial charge is 0.354 e. The van der Waals surface area contributed by atoms with Gasteiger partial charge in [-0.2, -0.15) is 0 Å². The Morgan fingerprint density at radius 2 is 1.93 bits per heavy atom. The molecule has 1 aromatic carbocycles. The second-order valence-corrected chi connectivity index (χ2v) is 7.81. The van der Waals surface area contributed by atoms with Crippen molar-refractivity contribution in [3.05, 3.63) is 54.0 Å². The van der Waals surface area contributed by atoms with Gasteiger partial charge in [0.15, 0.2) is 11.5 Å². The van der Waals surface area contributed by atoms with E-state index in [1.54, 1.807) is 0 Å². The van der Waals surface area contributed by atoms with Crippen molar-refractivity contribution in [1.82, 2.24) is 24.7 Å². The van der Waals surface area contributed by atoms with Gasteiger partial charge in [-0.25, -0.2) is 15.0 Å². The molecular weight excluding hydrogens is 362 g/mol. The van der Waals surface area contributed by atoms with Gasteiger partial charge in [-0.1, -0.05) is 18.2 Å². The topological polar surface area (TPSA) is 70.4 Å². The van der Waals surface area contributed by atoms with Crippen LogP contribution in [0.25, 0.3) is 16.7 Å². The van der Waals surface area contributed by atoms with E-state index in [1.807, 2.05) is 16.9 Å². The summed E-state index contributed by atoms with van der Waals surface area (Å²) in [6.07, 6.45) is 3.65. The fraction of sp³-hybridized carbons (Fsp3) is 0.318. The van der Waals surface area contributed by atoms with Gasteiger partial charge in [0.05, 0.1) is 6.20 Å². The minimum absolute atomic E-state index is 0.455. The van der Waals surface area contributed by atoms with Crippen LogP contribution < -0.4 is 15.5 Å². The lowest BCUT2D eigenvalue weighted by Gasteiger charge is -2.32. The van der Waals surface area contributed by atoms with Gasteiger partial charge in [0.25, 0.3) is 0 Å². The predicted molar refractivity (Wildman–Crippen MR) is 117 cm³/mol. The lowest BCUT2D eigenvalue weighted by atomic mass is 10.1. The molecule has 2 N–H and O–H groups in total. The molecule has 4 heterocycles. The van der Waals surface area contributed by atoms with Crippen molar-refractivity contribution in [2.24, 2.45) is 0 Å². The van der Waals surface area contributed by atoms with Crippen LogP contribution in [-0.4, -0.2) is 45.0 Å². The molecular formula is C22H25N7. The Morgan fingerprint density at radius 3 is 2.72 bits per heavy atom. The van der Waals surface area contributed by atoms with Crippen molar-refractivity contribution in [2.45, 2.75) is 26.8 Å². The molecule has 1 aliphatic heterocycles. The highest BCUT2D eigenvalue weighted by molar-refractivity contribution is 5.85. The zero-order valence-corrected chi connectivity index (χ0v) is 17.0. The lowest BCUT2D eigenvalue weighted by molar-refractivity contribution is 0.482. The monoisotopic (exact) mass is 387 g/mol. The summed E-state index contributed by atoms with van der Waals surface area (Å²) in [5, 5.41) is 7.01. The van der Waals surface area contributed by atoms with Crippen molar-refractivity contribution in [2.75, 3.05) is 29.9 Å². The third kappa shape index (κ3) is 3.17. The maximum absolute atomic E-state index is 4.95. The van der Waals surface area contributed by atoms with E-state index in [9.17, 15) is 0 Å². The van der Waals surface area contributed by atoms with E-state index in [0.717, 1.165) is 53.6 Å². The van der Waals surface area contributed by atoms with Gasteiger partial charge in [-0.3, -0.25) is 4.40 Å². The molecule has 1 saturated heterocycles. The number of nitrogens with one attached hydrogen (secondary N) is 2. The first kappa shape index (κ1) is 17.9. The summed E-state index contributed by atoms with van der Waals surface area (Å²) in [6, 6.07) is 10.9. The number of nitrogens with zero attached hydrogens (tertiary/aromatic N) is 5.